The summed E-state index contributed by atoms with van der Waals surface area (Å²) in [5.41, 5.74) is 4.52. The normalized spacial score (nSPS) is 14.1. The van der Waals surface area contributed by atoms with Crippen molar-refractivity contribution in [2.75, 3.05) is 55.5 Å². The fraction of sp³-hybridized carbons (Fsp3) is 0.214. The minimum atomic E-state index is -3.47. The number of anilines is 3. The predicted octanol–water partition coefficient (Wildman–Crippen LogP) is 3.73. The fourth-order valence-electron chi connectivity index (χ4n) is 4.18. The molecule has 4 rings (SSSR count). The van der Waals surface area contributed by atoms with Gasteiger partial charge >= 0.3 is 5.97 Å². The molecule has 1 aliphatic rings. The van der Waals surface area contributed by atoms with E-state index >= 15 is 0 Å². The summed E-state index contributed by atoms with van der Waals surface area (Å²) in [6.45, 7) is 0.895. The standard InChI is InChI=1S/C28H30N4O5S/c1-31(2)16-17-32(38(4,35)36)22-13-11-21(12-14-22)29-26(19-8-6-5-7-9-19)25-23-15-10-20(28(34)37-3)18-24(23)30-27(25)33/h5-15,18,29H,16-17H2,1-4H3,(H,30,33)/b26-25-. The van der Waals surface area contributed by atoms with Crippen LogP contribution in [0.4, 0.5) is 17.1 Å². The third-order valence-corrected chi connectivity index (χ3v) is 7.27. The summed E-state index contributed by atoms with van der Waals surface area (Å²) in [5.74, 6) is -0.799. The molecule has 38 heavy (non-hydrogen) atoms. The van der Waals surface area contributed by atoms with Crippen LogP contribution in [0.5, 0.6) is 0 Å². The lowest BCUT2D eigenvalue weighted by molar-refractivity contribution is -0.110. The Hall–Kier alpha value is -4.15. The number of esters is 1. The third-order valence-electron chi connectivity index (χ3n) is 6.07. The van der Waals surface area contributed by atoms with E-state index in [1.807, 2.05) is 49.3 Å². The van der Waals surface area contributed by atoms with Crippen LogP contribution in [0, 0.1) is 0 Å². The van der Waals surface area contributed by atoms with E-state index in [-0.39, 0.29) is 5.91 Å². The van der Waals surface area contributed by atoms with Crippen molar-refractivity contribution in [2.45, 2.75) is 0 Å². The molecule has 0 aromatic heterocycles. The van der Waals surface area contributed by atoms with Gasteiger partial charge in [-0.1, -0.05) is 36.4 Å². The maximum atomic E-state index is 13.2. The average Bonchev–Trinajstić information content (AvgIpc) is 3.21. The second-order valence-corrected chi connectivity index (χ2v) is 11.0. The van der Waals surface area contributed by atoms with Crippen LogP contribution in [0.25, 0.3) is 11.3 Å². The Labute approximate surface area is 222 Å². The molecule has 3 aromatic carbocycles. The Bertz CT molecular complexity index is 1480. The van der Waals surface area contributed by atoms with Gasteiger partial charge in [0.25, 0.3) is 5.91 Å². The number of sulfonamides is 1. The zero-order valence-electron chi connectivity index (χ0n) is 21.7. The quantitative estimate of drug-likeness (QED) is 0.318. The highest BCUT2D eigenvalue weighted by Crippen LogP contribution is 2.38. The Morgan fingerprint density at radius 2 is 1.63 bits per heavy atom. The summed E-state index contributed by atoms with van der Waals surface area (Å²) < 4.78 is 31.0. The van der Waals surface area contributed by atoms with E-state index in [0.29, 0.717) is 52.5 Å². The van der Waals surface area contributed by atoms with Gasteiger partial charge in [0.05, 0.1) is 41.6 Å². The Morgan fingerprint density at radius 1 is 0.947 bits per heavy atom. The van der Waals surface area contributed by atoms with Crippen molar-refractivity contribution < 1.29 is 22.7 Å². The van der Waals surface area contributed by atoms with Gasteiger partial charge < -0.3 is 20.3 Å². The maximum Gasteiger partial charge on any atom is 0.337 e. The van der Waals surface area contributed by atoms with Gasteiger partial charge in [-0.25, -0.2) is 13.2 Å². The molecule has 3 aromatic rings. The summed E-state index contributed by atoms with van der Waals surface area (Å²) >= 11 is 0. The van der Waals surface area contributed by atoms with E-state index in [2.05, 4.69) is 10.6 Å². The summed E-state index contributed by atoms with van der Waals surface area (Å²) in [4.78, 5) is 27.1. The maximum absolute atomic E-state index is 13.2. The van der Waals surface area contributed by atoms with Crippen molar-refractivity contribution >= 4 is 50.2 Å². The third kappa shape index (κ3) is 5.87. The number of likely N-dealkylation sites (N-methyl/N-ethyl adjacent to an activating group) is 1. The zero-order valence-corrected chi connectivity index (χ0v) is 22.5. The van der Waals surface area contributed by atoms with Gasteiger partial charge in [-0.05, 0) is 56.1 Å². The van der Waals surface area contributed by atoms with Crippen LogP contribution in [0.2, 0.25) is 0 Å². The number of methoxy groups -OCH3 is 1. The summed E-state index contributed by atoms with van der Waals surface area (Å²) in [5, 5.41) is 6.21. The van der Waals surface area contributed by atoms with Crippen LogP contribution in [-0.4, -0.2) is 65.7 Å². The fourth-order valence-corrected chi connectivity index (χ4v) is 5.10. The second kappa shape index (κ2) is 11.1. The molecule has 0 fully saturated rings. The molecule has 0 atom stereocenters. The largest absolute Gasteiger partial charge is 0.465 e. The smallest absolute Gasteiger partial charge is 0.337 e. The van der Waals surface area contributed by atoms with Gasteiger partial charge in [-0.2, -0.15) is 0 Å². The van der Waals surface area contributed by atoms with Gasteiger partial charge in [0.1, 0.15) is 0 Å². The van der Waals surface area contributed by atoms with Crippen molar-refractivity contribution in [1.82, 2.24) is 4.90 Å². The lowest BCUT2D eigenvalue weighted by Crippen LogP contribution is -2.35. The highest BCUT2D eigenvalue weighted by atomic mass is 32.2. The number of rotatable bonds is 9. The van der Waals surface area contributed by atoms with Crippen molar-refractivity contribution in [3.63, 3.8) is 0 Å². The molecule has 0 radical (unpaired) electrons. The molecule has 1 amide bonds. The molecule has 0 saturated carbocycles. The van der Waals surface area contributed by atoms with Crippen LogP contribution in [0.1, 0.15) is 21.5 Å². The van der Waals surface area contributed by atoms with Crippen LogP contribution in [0.15, 0.2) is 72.8 Å². The van der Waals surface area contributed by atoms with E-state index in [1.54, 1.807) is 42.5 Å². The molecule has 2 N–H and O–H groups in total. The van der Waals surface area contributed by atoms with Crippen LogP contribution in [-0.2, 0) is 19.6 Å². The van der Waals surface area contributed by atoms with Crippen molar-refractivity contribution in [3.8, 4) is 0 Å². The van der Waals surface area contributed by atoms with Crippen molar-refractivity contribution in [2.24, 2.45) is 0 Å². The molecule has 1 aliphatic heterocycles. The number of nitrogens with zero attached hydrogens (tertiary/aromatic N) is 2. The summed E-state index contributed by atoms with van der Waals surface area (Å²) in [6, 6.07) is 21.4. The molecule has 0 spiro atoms. The monoisotopic (exact) mass is 534 g/mol. The first-order valence-electron chi connectivity index (χ1n) is 11.9. The average molecular weight is 535 g/mol. The van der Waals surface area contributed by atoms with Crippen molar-refractivity contribution in [3.05, 3.63) is 89.5 Å². The van der Waals surface area contributed by atoms with Gasteiger partial charge in [-0.3, -0.25) is 9.10 Å². The zero-order chi connectivity index (χ0) is 27.4. The van der Waals surface area contributed by atoms with Gasteiger partial charge in [0, 0.05) is 24.3 Å². The Balaban J connectivity index is 1.73. The number of hydrogen-bond acceptors (Lipinski definition) is 7. The van der Waals surface area contributed by atoms with Gasteiger partial charge in [0.15, 0.2) is 0 Å². The minimum Gasteiger partial charge on any atom is -0.465 e. The van der Waals surface area contributed by atoms with E-state index in [1.165, 1.54) is 17.7 Å². The lowest BCUT2D eigenvalue weighted by atomic mass is 9.99. The predicted molar refractivity (Wildman–Crippen MR) is 150 cm³/mol. The minimum absolute atomic E-state index is 0.308. The molecular weight excluding hydrogens is 504 g/mol. The highest BCUT2D eigenvalue weighted by Gasteiger charge is 2.29. The van der Waals surface area contributed by atoms with Crippen molar-refractivity contribution in [1.29, 1.82) is 0 Å². The molecule has 0 aliphatic carbocycles. The molecular formula is C28H30N4O5S. The topological polar surface area (TPSA) is 108 Å². The SMILES string of the molecule is COC(=O)c1ccc2c(c1)NC(=O)/C2=C(\Nc1ccc(N(CCN(C)C)S(C)(=O)=O)cc1)c1ccccc1. The highest BCUT2D eigenvalue weighted by molar-refractivity contribution is 7.92. The molecule has 0 unspecified atom stereocenters. The number of nitrogens with one attached hydrogen (secondary N) is 2. The van der Waals surface area contributed by atoms with E-state index in [9.17, 15) is 18.0 Å². The first-order valence-corrected chi connectivity index (χ1v) is 13.8. The van der Waals surface area contributed by atoms with E-state index in [0.717, 1.165) is 5.56 Å². The number of fused-ring (bicyclic) bond motifs is 1. The Morgan fingerprint density at radius 3 is 2.24 bits per heavy atom. The first kappa shape index (κ1) is 26.9. The first-order chi connectivity index (χ1) is 18.1. The van der Waals surface area contributed by atoms with E-state index in [4.69, 9.17) is 4.74 Å². The van der Waals surface area contributed by atoms with Crippen LogP contribution in [0.3, 0.4) is 0 Å². The van der Waals surface area contributed by atoms with Gasteiger partial charge in [0.2, 0.25) is 10.0 Å². The summed E-state index contributed by atoms with van der Waals surface area (Å²) in [7, 11) is 1.62. The van der Waals surface area contributed by atoms with Crippen LogP contribution >= 0.6 is 0 Å². The lowest BCUT2D eigenvalue weighted by Gasteiger charge is -2.24. The number of carbonyl (C=O) groups is 2. The molecule has 9 nitrogen and oxygen atoms in total. The number of benzene rings is 3. The second-order valence-electron chi connectivity index (χ2n) is 9.13. The molecule has 1 heterocycles. The molecule has 0 saturated heterocycles. The molecule has 0 bridgehead atoms. The number of amides is 1. The summed E-state index contributed by atoms with van der Waals surface area (Å²) in [6.07, 6.45) is 1.19. The van der Waals surface area contributed by atoms with Crippen LogP contribution < -0.4 is 14.9 Å². The molecule has 198 valence electrons. The number of hydrogen-bond donors (Lipinski definition) is 2. The number of ether oxygens (including phenoxy) is 1. The van der Waals surface area contributed by atoms with Gasteiger partial charge in [-0.15, -0.1) is 0 Å². The molecule has 10 heteroatoms. The van der Waals surface area contributed by atoms with E-state index < -0.39 is 16.0 Å². The Kier molecular flexibility index (Phi) is 7.84. The number of carbonyl (C=O) groups excluding carboxylic acids is 2.